The number of ether oxygens (including phenoxy) is 1. The first-order valence-electron chi connectivity index (χ1n) is 11.7. The Kier molecular flexibility index (Phi) is 4.90. The molecule has 3 aliphatic rings. The second kappa shape index (κ2) is 7.89. The maximum Gasteiger partial charge on any atom is 0.387 e. The molecule has 0 saturated heterocycles. The van der Waals surface area contributed by atoms with Crippen LogP contribution in [0.4, 0.5) is 14.6 Å². The largest absolute Gasteiger partial charge is 0.434 e. The van der Waals surface area contributed by atoms with E-state index in [9.17, 15) is 18.4 Å². The van der Waals surface area contributed by atoms with E-state index in [1.165, 1.54) is 10.6 Å². The number of nitrogen functional groups attached to an aromatic ring is 1. The van der Waals surface area contributed by atoms with Crippen LogP contribution < -0.4 is 15.8 Å². The number of hydrogen-bond acceptors (Lipinski definition) is 6. The van der Waals surface area contributed by atoms with Gasteiger partial charge in [0.25, 0.3) is 11.8 Å². The predicted molar refractivity (Wildman–Crippen MR) is 122 cm³/mol. The standard InChI is InChI=1S/C24H24F2N6O3/c1-11(12-2-3-12)31-10-14-8-13(9-17(35-24(25)26)18(14)23(31)34)16-6-7-32-21(29-16)19(20(27)30-32)22(33)28-15-4-5-15/h6-9,11-12,15,24H,2-5,10H2,1H3,(H2,27,30)(H,28,33)/t11-/m0/s1. The van der Waals surface area contributed by atoms with E-state index >= 15 is 0 Å². The fourth-order valence-electron chi connectivity index (χ4n) is 4.75. The molecule has 2 aromatic heterocycles. The van der Waals surface area contributed by atoms with Gasteiger partial charge in [-0.05, 0) is 62.3 Å². The molecule has 35 heavy (non-hydrogen) atoms. The highest BCUT2D eigenvalue weighted by Gasteiger charge is 2.40. The Balaban J connectivity index is 1.42. The number of aromatic nitrogens is 3. The molecule has 9 nitrogen and oxygen atoms in total. The molecule has 3 aromatic rings. The van der Waals surface area contributed by atoms with Crippen molar-refractivity contribution >= 4 is 23.3 Å². The molecule has 0 unspecified atom stereocenters. The van der Waals surface area contributed by atoms with E-state index < -0.39 is 6.61 Å². The van der Waals surface area contributed by atoms with Crippen molar-refractivity contribution in [2.75, 3.05) is 5.73 Å². The normalized spacial score (nSPS) is 18.3. The average molecular weight is 482 g/mol. The summed E-state index contributed by atoms with van der Waals surface area (Å²) in [6.45, 7) is -0.778. The topological polar surface area (TPSA) is 115 Å². The van der Waals surface area contributed by atoms with Gasteiger partial charge in [0.15, 0.2) is 11.5 Å². The van der Waals surface area contributed by atoms with E-state index in [0.29, 0.717) is 29.3 Å². The SMILES string of the molecule is C[C@@H](C1CC1)N1Cc2cc(-c3ccn4nc(N)c(C(=O)NC5CC5)c4n3)cc(OC(F)F)c2C1=O. The van der Waals surface area contributed by atoms with Gasteiger partial charge in [-0.1, -0.05) is 0 Å². The van der Waals surface area contributed by atoms with Crippen LogP contribution in [0.2, 0.25) is 0 Å². The van der Waals surface area contributed by atoms with E-state index in [1.807, 2.05) is 6.92 Å². The van der Waals surface area contributed by atoms with Crippen molar-refractivity contribution in [3.8, 4) is 17.0 Å². The minimum atomic E-state index is -3.08. The Morgan fingerprint density at radius 3 is 2.71 bits per heavy atom. The van der Waals surface area contributed by atoms with E-state index in [1.54, 1.807) is 23.2 Å². The lowest BCUT2D eigenvalue weighted by atomic mass is 10.0. The van der Waals surface area contributed by atoms with Crippen molar-refractivity contribution in [2.45, 2.75) is 57.8 Å². The molecule has 2 fully saturated rings. The molecule has 11 heteroatoms. The third kappa shape index (κ3) is 3.84. The second-order valence-corrected chi connectivity index (χ2v) is 9.49. The van der Waals surface area contributed by atoms with Crippen molar-refractivity contribution in [3.63, 3.8) is 0 Å². The molecule has 6 rings (SSSR count). The molecular weight excluding hydrogens is 458 g/mol. The molecule has 2 saturated carbocycles. The first kappa shape index (κ1) is 21.8. The summed E-state index contributed by atoms with van der Waals surface area (Å²) in [6, 6.07) is 4.97. The highest BCUT2D eigenvalue weighted by molar-refractivity contribution is 6.05. The van der Waals surface area contributed by atoms with Crippen molar-refractivity contribution < 1.29 is 23.1 Å². The molecule has 0 spiro atoms. The fourth-order valence-corrected chi connectivity index (χ4v) is 4.75. The number of benzene rings is 1. The lowest BCUT2D eigenvalue weighted by Crippen LogP contribution is -2.34. The summed E-state index contributed by atoms with van der Waals surface area (Å²) in [7, 11) is 0. The summed E-state index contributed by atoms with van der Waals surface area (Å²) in [6.07, 6.45) is 5.56. The Morgan fingerprint density at radius 2 is 2.03 bits per heavy atom. The van der Waals surface area contributed by atoms with Gasteiger partial charge in [0.05, 0.1) is 11.3 Å². The highest BCUT2D eigenvalue weighted by atomic mass is 19.3. The van der Waals surface area contributed by atoms with Gasteiger partial charge in [-0.3, -0.25) is 9.59 Å². The van der Waals surface area contributed by atoms with Gasteiger partial charge in [0.1, 0.15) is 11.3 Å². The molecule has 3 heterocycles. The summed E-state index contributed by atoms with van der Waals surface area (Å²) < 4.78 is 32.7. The summed E-state index contributed by atoms with van der Waals surface area (Å²) in [5.74, 6) is -0.338. The first-order chi connectivity index (χ1) is 16.8. The number of nitrogens with zero attached hydrogens (tertiary/aromatic N) is 4. The lowest BCUT2D eigenvalue weighted by molar-refractivity contribution is -0.0501. The monoisotopic (exact) mass is 482 g/mol. The molecule has 182 valence electrons. The lowest BCUT2D eigenvalue weighted by Gasteiger charge is -2.24. The minimum Gasteiger partial charge on any atom is -0.434 e. The summed E-state index contributed by atoms with van der Waals surface area (Å²) >= 11 is 0. The predicted octanol–water partition coefficient (Wildman–Crippen LogP) is 3.23. The fraction of sp³-hybridized carbons (Fsp3) is 0.417. The van der Waals surface area contributed by atoms with Crippen LogP contribution in [0.3, 0.4) is 0 Å². The number of fused-ring (bicyclic) bond motifs is 2. The number of carbonyl (C=O) groups is 2. The number of halogens is 2. The maximum atomic E-state index is 13.3. The van der Waals surface area contributed by atoms with Crippen LogP contribution in [0.25, 0.3) is 16.9 Å². The van der Waals surface area contributed by atoms with Gasteiger partial charge in [-0.15, -0.1) is 5.10 Å². The number of nitrogens with two attached hydrogens (primary N) is 1. The molecule has 1 aromatic carbocycles. The first-order valence-corrected chi connectivity index (χ1v) is 11.7. The van der Waals surface area contributed by atoms with Gasteiger partial charge in [0.2, 0.25) is 0 Å². The summed E-state index contributed by atoms with van der Waals surface area (Å²) in [5, 5.41) is 7.06. The van der Waals surface area contributed by atoms with Gasteiger partial charge >= 0.3 is 6.61 Å². The third-order valence-electron chi connectivity index (χ3n) is 6.96. The van der Waals surface area contributed by atoms with Gasteiger partial charge in [-0.2, -0.15) is 8.78 Å². The summed E-state index contributed by atoms with van der Waals surface area (Å²) in [4.78, 5) is 32.2. The zero-order valence-electron chi connectivity index (χ0n) is 19.0. The molecular formula is C24H24F2N6O3. The Bertz CT molecular complexity index is 1370. The van der Waals surface area contributed by atoms with Crippen LogP contribution in [-0.4, -0.2) is 50.0 Å². The van der Waals surface area contributed by atoms with Crippen LogP contribution in [0.5, 0.6) is 5.75 Å². The Hall–Kier alpha value is -3.76. The molecule has 1 atom stereocenters. The van der Waals surface area contributed by atoms with Crippen LogP contribution in [0, 0.1) is 5.92 Å². The molecule has 0 bridgehead atoms. The second-order valence-electron chi connectivity index (χ2n) is 9.49. The Labute approximate surface area is 199 Å². The van der Waals surface area contributed by atoms with E-state index in [4.69, 9.17) is 10.5 Å². The number of anilines is 1. The Morgan fingerprint density at radius 1 is 1.26 bits per heavy atom. The van der Waals surface area contributed by atoms with Crippen molar-refractivity contribution in [1.82, 2.24) is 24.8 Å². The third-order valence-corrected chi connectivity index (χ3v) is 6.96. The van der Waals surface area contributed by atoms with Crippen LogP contribution in [-0.2, 0) is 6.54 Å². The van der Waals surface area contributed by atoms with Crippen molar-refractivity contribution in [1.29, 1.82) is 0 Å². The number of amides is 2. The van der Waals surface area contributed by atoms with Gasteiger partial charge in [0, 0.05) is 30.4 Å². The molecule has 3 N–H and O–H groups in total. The number of hydrogen-bond donors (Lipinski definition) is 2. The quantitative estimate of drug-likeness (QED) is 0.534. The van der Waals surface area contributed by atoms with E-state index in [2.05, 4.69) is 15.4 Å². The molecule has 1 aliphatic heterocycles. The number of nitrogens with one attached hydrogen (secondary N) is 1. The van der Waals surface area contributed by atoms with Gasteiger partial charge in [-0.25, -0.2) is 9.50 Å². The minimum absolute atomic E-state index is 0.0227. The number of alkyl halides is 2. The molecule has 2 amide bonds. The van der Waals surface area contributed by atoms with Crippen LogP contribution >= 0.6 is 0 Å². The smallest absolute Gasteiger partial charge is 0.387 e. The van der Waals surface area contributed by atoms with Crippen LogP contribution in [0.1, 0.15) is 58.9 Å². The zero-order valence-corrected chi connectivity index (χ0v) is 19.0. The average Bonchev–Trinajstić information content (AvgIpc) is 3.73. The van der Waals surface area contributed by atoms with Crippen molar-refractivity contribution in [3.05, 3.63) is 41.1 Å². The van der Waals surface area contributed by atoms with Crippen molar-refractivity contribution in [2.24, 2.45) is 5.92 Å². The number of carbonyl (C=O) groups excluding carboxylic acids is 2. The van der Waals surface area contributed by atoms with Crippen LogP contribution in [0.15, 0.2) is 24.4 Å². The highest BCUT2D eigenvalue weighted by Crippen LogP contribution is 2.42. The van der Waals surface area contributed by atoms with E-state index in [0.717, 1.165) is 25.7 Å². The number of rotatable bonds is 7. The maximum absolute atomic E-state index is 13.3. The summed E-state index contributed by atoms with van der Waals surface area (Å²) in [5.41, 5.74) is 8.11. The van der Waals surface area contributed by atoms with Gasteiger partial charge < -0.3 is 20.7 Å². The molecule has 2 aliphatic carbocycles. The zero-order chi connectivity index (χ0) is 24.4. The van der Waals surface area contributed by atoms with E-state index in [-0.39, 0.29) is 52.2 Å². The molecule has 0 radical (unpaired) electrons.